The van der Waals surface area contributed by atoms with Gasteiger partial charge in [-0.3, -0.25) is 0 Å². The first kappa shape index (κ1) is 11.2. The lowest BCUT2D eigenvalue weighted by Crippen LogP contribution is -2.43. The van der Waals surface area contributed by atoms with E-state index in [4.69, 9.17) is 0 Å². The van der Waals surface area contributed by atoms with E-state index < -0.39 is 0 Å². The number of aliphatic hydroxyl groups is 1. The summed E-state index contributed by atoms with van der Waals surface area (Å²) in [4.78, 5) is 0. The van der Waals surface area contributed by atoms with Gasteiger partial charge in [0.05, 0.1) is 6.61 Å². The smallest absolute Gasteiger partial charge is 0.0502 e. The van der Waals surface area contributed by atoms with Crippen LogP contribution in [0.2, 0.25) is 0 Å². The predicted octanol–water partition coefficient (Wildman–Crippen LogP) is 2.29. The second kappa shape index (κ2) is 4.79. The molecule has 17 heavy (non-hydrogen) atoms. The average molecular weight is 231 g/mol. The minimum atomic E-state index is 0.275. The van der Waals surface area contributed by atoms with Gasteiger partial charge >= 0.3 is 0 Å². The third-order valence-electron chi connectivity index (χ3n) is 4.58. The van der Waals surface area contributed by atoms with Crippen molar-refractivity contribution in [2.24, 2.45) is 5.92 Å². The quantitative estimate of drug-likeness (QED) is 0.836. The van der Waals surface area contributed by atoms with E-state index in [1.807, 2.05) is 6.07 Å². The third kappa shape index (κ3) is 2.12. The number of fused-ring (bicyclic) bond motifs is 2. The van der Waals surface area contributed by atoms with Crippen molar-refractivity contribution < 1.29 is 5.11 Å². The third-order valence-corrected chi connectivity index (χ3v) is 4.58. The molecule has 2 saturated heterocycles. The molecular formula is C15H21NO. The van der Waals surface area contributed by atoms with Gasteiger partial charge in [0.25, 0.3) is 0 Å². The van der Waals surface area contributed by atoms with Crippen LogP contribution >= 0.6 is 0 Å². The highest BCUT2D eigenvalue weighted by atomic mass is 16.3. The molecule has 2 N–H and O–H groups in total. The lowest BCUT2D eigenvalue weighted by Gasteiger charge is -2.35. The molecule has 0 aromatic heterocycles. The highest BCUT2D eigenvalue weighted by Crippen LogP contribution is 2.39. The predicted molar refractivity (Wildman–Crippen MR) is 68.9 cm³/mol. The van der Waals surface area contributed by atoms with Gasteiger partial charge < -0.3 is 10.4 Å². The summed E-state index contributed by atoms with van der Waals surface area (Å²) in [6.45, 7) is 0.275. The largest absolute Gasteiger partial charge is 0.396 e. The zero-order valence-corrected chi connectivity index (χ0v) is 10.2. The Labute approximate surface area is 103 Å². The van der Waals surface area contributed by atoms with E-state index in [-0.39, 0.29) is 6.61 Å². The maximum absolute atomic E-state index is 9.73. The van der Waals surface area contributed by atoms with E-state index >= 15 is 0 Å². The van der Waals surface area contributed by atoms with Crippen LogP contribution in [0, 0.1) is 5.92 Å². The maximum Gasteiger partial charge on any atom is 0.0502 e. The molecule has 4 unspecified atom stereocenters. The van der Waals surface area contributed by atoms with Crippen LogP contribution in [0.25, 0.3) is 0 Å². The molecule has 3 rings (SSSR count). The van der Waals surface area contributed by atoms with Crippen LogP contribution in [0.5, 0.6) is 0 Å². The number of hydrogen-bond acceptors (Lipinski definition) is 2. The first-order valence-corrected chi connectivity index (χ1v) is 6.80. The number of nitrogens with one attached hydrogen (secondary N) is 1. The lowest BCUT2D eigenvalue weighted by atomic mass is 9.78. The summed E-state index contributed by atoms with van der Waals surface area (Å²) in [6.07, 6.45) is 5.17. The molecule has 2 heterocycles. The van der Waals surface area contributed by atoms with E-state index in [2.05, 4.69) is 29.6 Å². The van der Waals surface area contributed by atoms with Gasteiger partial charge in [0.15, 0.2) is 0 Å². The molecule has 2 fully saturated rings. The summed E-state index contributed by atoms with van der Waals surface area (Å²) in [6, 6.07) is 11.9. The van der Waals surface area contributed by atoms with Gasteiger partial charge in [0.1, 0.15) is 0 Å². The molecular weight excluding hydrogens is 210 g/mol. The van der Waals surface area contributed by atoms with Crippen LogP contribution in [-0.2, 0) is 0 Å². The number of benzene rings is 1. The summed E-state index contributed by atoms with van der Waals surface area (Å²) in [5.41, 5.74) is 1.30. The fraction of sp³-hybridized carbons (Fsp3) is 0.600. The topological polar surface area (TPSA) is 32.3 Å². The molecule has 1 aromatic carbocycles. The summed E-state index contributed by atoms with van der Waals surface area (Å²) >= 11 is 0. The van der Waals surface area contributed by atoms with Gasteiger partial charge in [-0.25, -0.2) is 0 Å². The Bertz CT molecular complexity index is 364. The second-order valence-corrected chi connectivity index (χ2v) is 5.49. The van der Waals surface area contributed by atoms with Crippen molar-refractivity contribution >= 4 is 0 Å². The fourth-order valence-electron chi connectivity index (χ4n) is 3.68. The molecule has 2 aliphatic rings. The van der Waals surface area contributed by atoms with Crippen molar-refractivity contribution in [1.82, 2.24) is 5.32 Å². The van der Waals surface area contributed by atoms with Crippen LogP contribution in [0.15, 0.2) is 30.3 Å². The Morgan fingerprint density at radius 1 is 1.12 bits per heavy atom. The van der Waals surface area contributed by atoms with Crippen LogP contribution < -0.4 is 5.32 Å². The minimum Gasteiger partial charge on any atom is -0.396 e. The Morgan fingerprint density at radius 2 is 1.88 bits per heavy atom. The summed E-state index contributed by atoms with van der Waals surface area (Å²) in [5, 5.41) is 13.4. The number of hydrogen-bond donors (Lipinski definition) is 2. The molecule has 4 atom stereocenters. The van der Waals surface area contributed by atoms with Gasteiger partial charge in [-0.2, -0.15) is 0 Å². The molecule has 0 spiro atoms. The Balaban J connectivity index is 1.81. The molecule has 0 radical (unpaired) electrons. The zero-order valence-electron chi connectivity index (χ0n) is 10.2. The first-order valence-electron chi connectivity index (χ1n) is 6.80. The minimum absolute atomic E-state index is 0.275. The molecule has 92 valence electrons. The highest BCUT2D eigenvalue weighted by Gasteiger charge is 2.39. The lowest BCUT2D eigenvalue weighted by molar-refractivity contribution is 0.175. The van der Waals surface area contributed by atoms with Crippen LogP contribution in [0.1, 0.15) is 37.2 Å². The van der Waals surface area contributed by atoms with Crippen molar-refractivity contribution in [3.8, 4) is 0 Å². The van der Waals surface area contributed by atoms with Gasteiger partial charge in [-0.1, -0.05) is 30.3 Å². The molecule has 0 saturated carbocycles. The molecule has 2 nitrogen and oxygen atoms in total. The van der Waals surface area contributed by atoms with Crippen molar-refractivity contribution in [3.63, 3.8) is 0 Å². The Kier molecular flexibility index (Phi) is 3.17. The zero-order chi connectivity index (χ0) is 11.7. The van der Waals surface area contributed by atoms with Crippen LogP contribution in [-0.4, -0.2) is 23.8 Å². The van der Waals surface area contributed by atoms with E-state index in [1.165, 1.54) is 31.2 Å². The SMILES string of the molecule is OCC(c1ccccc1)C1CCC2CCC1N2. The van der Waals surface area contributed by atoms with Crippen molar-refractivity contribution in [2.75, 3.05) is 6.61 Å². The molecule has 0 amide bonds. The van der Waals surface area contributed by atoms with Gasteiger partial charge in [-0.05, 0) is 37.2 Å². The van der Waals surface area contributed by atoms with Gasteiger partial charge in [0, 0.05) is 18.0 Å². The molecule has 2 aliphatic heterocycles. The maximum atomic E-state index is 9.73. The number of rotatable bonds is 3. The molecule has 1 aromatic rings. The summed E-state index contributed by atoms with van der Waals surface area (Å²) in [5.74, 6) is 0.925. The van der Waals surface area contributed by atoms with Crippen molar-refractivity contribution in [3.05, 3.63) is 35.9 Å². The second-order valence-electron chi connectivity index (χ2n) is 5.49. The van der Waals surface area contributed by atoms with Gasteiger partial charge in [0.2, 0.25) is 0 Å². The summed E-state index contributed by atoms with van der Waals surface area (Å²) in [7, 11) is 0. The fourth-order valence-corrected chi connectivity index (χ4v) is 3.68. The number of aliphatic hydroxyl groups excluding tert-OH is 1. The molecule has 0 aliphatic carbocycles. The van der Waals surface area contributed by atoms with Crippen molar-refractivity contribution in [2.45, 2.75) is 43.7 Å². The van der Waals surface area contributed by atoms with E-state index in [1.54, 1.807) is 0 Å². The Hall–Kier alpha value is -0.860. The van der Waals surface area contributed by atoms with E-state index in [0.717, 1.165) is 6.04 Å². The van der Waals surface area contributed by atoms with Crippen molar-refractivity contribution in [1.29, 1.82) is 0 Å². The normalized spacial score (nSPS) is 33.6. The number of piperidine rings is 1. The average Bonchev–Trinajstić information content (AvgIpc) is 2.76. The van der Waals surface area contributed by atoms with E-state index in [0.29, 0.717) is 17.9 Å². The van der Waals surface area contributed by atoms with Crippen LogP contribution in [0.3, 0.4) is 0 Å². The Morgan fingerprint density at radius 3 is 2.65 bits per heavy atom. The highest BCUT2D eigenvalue weighted by molar-refractivity contribution is 5.21. The van der Waals surface area contributed by atoms with Crippen LogP contribution in [0.4, 0.5) is 0 Å². The molecule has 2 heteroatoms. The monoisotopic (exact) mass is 231 g/mol. The van der Waals surface area contributed by atoms with E-state index in [9.17, 15) is 5.11 Å². The standard InChI is InChI=1S/C15H21NO/c17-10-14(11-4-2-1-3-5-11)13-8-6-12-7-9-15(13)16-12/h1-5,12-17H,6-10H2. The summed E-state index contributed by atoms with van der Waals surface area (Å²) < 4.78 is 0. The molecule has 2 bridgehead atoms. The first-order chi connectivity index (χ1) is 8.38. The van der Waals surface area contributed by atoms with Gasteiger partial charge in [-0.15, -0.1) is 0 Å².